The molecule has 0 bridgehead atoms. The summed E-state index contributed by atoms with van der Waals surface area (Å²) in [7, 11) is 0. The number of imidazole rings is 1. The number of aromatic amines is 1. The van der Waals surface area contributed by atoms with Gasteiger partial charge in [-0.05, 0) is 0 Å². The van der Waals surface area contributed by atoms with Crippen LogP contribution in [0.2, 0.25) is 0 Å². The maximum absolute atomic E-state index is 12.0. The van der Waals surface area contributed by atoms with Crippen molar-refractivity contribution in [2.24, 2.45) is 0 Å². The van der Waals surface area contributed by atoms with Crippen molar-refractivity contribution in [3.63, 3.8) is 0 Å². The maximum atomic E-state index is 12.0. The van der Waals surface area contributed by atoms with E-state index >= 15 is 0 Å². The van der Waals surface area contributed by atoms with Crippen LogP contribution in [0, 0.1) is 0 Å². The molecule has 2 fully saturated rings. The lowest BCUT2D eigenvalue weighted by atomic mass is 10.1. The van der Waals surface area contributed by atoms with E-state index in [0.29, 0.717) is 12.2 Å². The first-order valence-corrected chi connectivity index (χ1v) is 6.74. The number of nitrogens with one attached hydrogen (secondary N) is 2. The summed E-state index contributed by atoms with van der Waals surface area (Å²) in [6.45, 7) is 4.05. The molecular formula is C12H15N7O. The molecule has 0 radical (unpaired) electrons. The lowest BCUT2D eigenvalue weighted by molar-refractivity contribution is -0.129. The summed E-state index contributed by atoms with van der Waals surface area (Å²) in [6.07, 6.45) is 3.14. The molecule has 20 heavy (non-hydrogen) atoms. The second-order valence-electron chi connectivity index (χ2n) is 5.09. The first-order valence-electron chi connectivity index (χ1n) is 6.74. The highest BCUT2D eigenvalue weighted by Crippen LogP contribution is 2.23. The Morgan fingerprint density at radius 2 is 2.15 bits per heavy atom. The van der Waals surface area contributed by atoms with E-state index in [-0.39, 0.29) is 11.9 Å². The number of aromatic nitrogens is 4. The number of H-pyrrole nitrogens is 1. The van der Waals surface area contributed by atoms with E-state index < -0.39 is 0 Å². The molecule has 2 saturated heterocycles. The Morgan fingerprint density at radius 3 is 3.10 bits per heavy atom. The second kappa shape index (κ2) is 4.41. The van der Waals surface area contributed by atoms with Crippen LogP contribution in [0.4, 0.5) is 5.82 Å². The molecule has 1 amide bonds. The van der Waals surface area contributed by atoms with Crippen LogP contribution in [-0.2, 0) is 4.79 Å². The van der Waals surface area contributed by atoms with Gasteiger partial charge in [0.1, 0.15) is 17.9 Å². The molecule has 2 aromatic heterocycles. The normalized spacial score (nSPS) is 23.7. The Balaban J connectivity index is 1.66. The van der Waals surface area contributed by atoms with Gasteiger partial charge < -0.3 is 15.2 Å². The number of amides is 1. The van der Waals surface area contributed by atoms with Crippen LogP contribution in [0.5, 0.6) is 0 Å². The predicted molar refractivity (Wildman–Crippen MR) is 72.3 cm³/mol. The topological polar surface area (TPSA) is 90.0 Å². The van der Waals surface area contributed by atoms with Crippen LogP contribution >= 0.6 is 0 Å². The van der Waals surface area contributed by atoms with Crippen LogP contribution in [0.3, 0.4) is 0 Å². The molecule has 4 heterocycles. The molecule has 0 saturated carbocycles. The van der Waals surface area contributed by atoms with Gasteiger partial charge in [-0.3, -0.25) is 9.69 Å². The molecule has 4 rings (SSSR count). The molecule has 2 N–H and O–H groups in total. The minimum atomic E-state index is -0.0922. The number of piperazine rings is 2. The minimum absolute atomic E-state index is 0.0922. The molecule has 2 aromatic rings. The molecule has 0 spiro atoms. The highest BCUT2D eigenvalue weighted by Gasteiger charge is 2.35. The number of nitrogens with zero attached hydrogens (tertiary/aromatic N) is 5. The number of rotatable bonds is 1. The third kappa shape index (κ3) is 1.72. The number of fused-ring (bicyclic) bond motifs is 2. The summed E-state index contributed by atoms with van der Waals surface area (Å²) < 4.78 is 0. The third-order valence-corrected chi connectivity index (χ3v) is 3.99. The molecule has 0 unspecified atom stereocenters. The largest absolute Gasteiger partial charge is 0.353 e. The third-order valence-electron chi connectivity index (χ3n) is 3.99. The van der Waals surface area contributed by atoms with Crippen molar-refractivity contribution < 1.29 is 4.79 Å². The van der Waals surface area contributed by atoms with Gasteiger partial charge in [-0.1, -0.05) is 0 Å². The van der Waals surface area contributed by atoms with Gasteiger partial charge in [-0.15, -0.1) is 0 Å². The van der Waals surface area contributed by atoms with Crippen molar-refractivity contribution in [3.05, 3.63) is 12.7 Å². The zero-order chi connectivity index (χ0) is 13.5. The molecule has 0 aromatic carbocycles. The maximum Gasteiger partial charge on any atom is 0.239 e. The smallest absolute Gasteiger partial charge is 0.239 e. The monoisotopic (exact) mass is 273 g/mol. The fourth-order valence-corrected chi connectivity index (χ4v) is 2.96. The number of carbonyl (C=O) groups is 1. The molecule has 8 nitrogen and oxygen atoms in total. The van der Waals surface area contributed by atoms with Crippen molar-refractivity contribution in [2.45, 2.75) is 6.04 Å². The summed E-state index contributed by atoms with van der Waals surface area (Å²) in [4.78, 5) is 32.1. The SMILES string of the molecule is O=C1NCCN2CCN(c3ncnc4nc[nH]c34)C[C@H]12. The number of anilines is 1. The minimum Gasteiger partial charge on any atom is -0.353 e. The highest BCUT2D eigenvalue weighted by atomic mass is 16.2. The van der Waals surface area contributed by atoms with Crippen molar-refractivity contribution in [1.29, 1.82) is 0 Å². The summed E-state index contributed by atoms with van der Waals surface area (Å²) >= 11 is 0. The average molecular weight is 273 g/mol. The Bertz CT molecular complexity index is 654. The molecule has 104 valence electrons. The lowest BCUT2D eigenvalue weighted by Gasteiger charge is -2.43. The Hall–Kier alpha value is -2.22. The average Bonchev–Trinajstić information content (AvgIpc) is 2.96. The van der Waals surface area contributed by atoms with Gasteiger partial charge in [-0.2, -0.15) is 0 Å². The number of hydrogen-bond donors (Lipinski definition) is 2. The summed E-state index contributed by atoms with van der Waals surface area (Å²) in [6, 6.07) is -0.0922. The molecule has 8 heteroatoms. The highest BCUT2D eigenvalue weighted by molar-refractivity contribution is 5.86. The van der Waals surface area contributed by atoms with Gasteiger partial charge in [0.25, 0.3) is 0 Å². The van der Waals surface area contributed by atoms with E-state index in [4.69, 9.17) is 0 Å². The first-order chi connectivity index (χ1) is 9.83. The first kappa shape index (κ1) is 11.6. The predicted octanol–water partition coefficient (Wildman–Crippen LogP) is -1.03. The fraction of sp³-hybridized carbons (Fsp3) is 0.500. The molecule has 2 aliphatic heterocycles. The van der Waals surface area contributed by atoms with E-state index in [1.807, 2.05) is 0 Å². The fourth-order valence-electron chi connectivity index (χ4n) is 2.96. The van der Waals surface area contributed by atoms with Gasteiger partial charge in [0.2, 0.25) is 5.91 Å². The number of carbonyl (C=O) groups excluding carboxylic acids is 1. The van der Waals surface area contributed by atoms with Crippen molar-refractivity contribution >= 4 is 22.9 Å². The van der Waals surface area contributed by atoms with Gasteiger partial charge >= 0.3 is 0 Å². The van der Waals surface area contributed by atoms with Gasteiger partial charge in [0, 0.05) is 32.7 Å². The summed E-state index contributed by atoms with van der Waals surface area (Å²) in [5, 5.41) is 2.93. The standard InChI is InChI=1S/C12H15N7O/c20-12-8-5-19(4-3-18(8)2-1-13-12)11-9-10(15-6-14-9)16-7-17-11/h6-8H,1-5H2,(H,13,20)(H,14,15,16,17)/t8-/m1/s1. The van der Waals surface area contributed by atoms with Gasteiger partial charge in [0.05, 0.1) is 6.33 Å². The van der Waals surface area contributed by atoms with Crippen molar-refractivity contribution in [1.82, 2.24) is 30.2 Å². The Kier molecular flexibility index (Phi) is 2.56. The second-order valence-corrected chi connectivity index (χ2v) is 5.09. The van der Waals surface area contributed by atoms with Crippen molar-refractivity contribution in [3.8, 4) is 0 Å². The summed E-state index contributed by atoms with van der Waals surface area (Å²) in [5.74, 6) is 0.932. The van der Waals surface area contributed by atoms with E-state index in [9.17, 15) is 4.79 Å². The van der Waals surface area contributed by atoms with E-state index in [1.165, 1.54) is 6.33 Å². The lowest BCUT2D eigenvalue weighted by Crippen LogP contribution is -2.64. The van der Waals surface area contributed by atoms with E-state index in [0.717, 1.165) is 37.5 Å². The number of hydrogen-bond acceptors (Lipinski definition) is 6. The van der Waals surface area contributed by atoms with Crippen LogP contribution in [-0.4, -0.2) is 69.5 Å². The van der Waals surface area contributed by atoms with Crippen LogP contribution in [0.1, 0.15) is 0 Å². The summed E-state index contributed by atoms with van der Waals surface area (Å²) in [5.41, 5.74) is 1.49. The molecular weight excluding hydrogens is 258 g/mol. The van der Waals surface area contributed by atoms with E-state index in [1.54, 1.807) is 6.33 Å². The molecule has 1 atom stereocenters. The zero-order valence-electron chi connectivity index (χ0n) is 10.9. The Labute approximate surface area is 115 Å². The zero-order valence-corrected chi connectivity index (χ0v) is 10.9. The van der Waals surface area contributed by atoms with Crippen LogP contribution < -0.4 is 10.2 Å². The van der Waals surface area contributed by atoms with Crippen molar-refractivity contribution in [2.75, 3.05) is 37.6 Å². The van der Waals surface area contributed by atoms with Gasteiger partial charge in [-0.25, -0.2) is 15.0 Å². The quantitative estimate of drug-likeness (QED) is 0.691. The van der Waals surface area contributed by atoms with Gasteiger partial charge in [0.15, 0.2) is 11.5 Å². The molecule has 2 aliphatic rings. The van der Waals surface area contributed by atoms with Crippen LogP contribution in [0.25, 0.3) is 11.2 Å². The van der Waals surface area contributed by atoms with Crippen LogP contribution in [0.15, 0.2) is 12.7 Å². The molecule has 0 aliphatic carbocycles. The van der Waals surface area contributed by atoms with E-state index in [2.05, 4.69) is 35.1 Å². The Morgan fingerprint density at radius 1 is 1.20 bits per heavy atom.